The molecular weight excluding hydrogens is 269 g/mol. The molecule has 0 aromatic carbocycles. The standard InChI is InChI=1S/C14H21F3N2O/c1-11(8-18-9-13-5-3-7-20-13)19-6-2-4-12(10-19)14(15,16)17/h3,5,7,11-12,18H,2,4,6,8-10H2,1H3. The quantitative estimate of drug-likeness (QED) is 0.903. The number of furan rings is 1. The molecule has 1 aliphatic heterocycles. The lowest BCUT2D eigenvalue weighted by Gasteiger charge is -2.37. The van der Waals surface area contributed by atoms with Crippen LogP contribution in [-0.4, -0.2) is 36.8 Å². The van der Waals surface area contributed by atoms with Gasteiger partial charge < -0.3 is 9.73 Å². The van der Waals surface area contributed by atoms with Crippen LogP contribution in [0.2, 0.25) is 0 Å². The minimum Gasteiger partial charge on any atom is -0.468 e. The number of halogens is 3. The average molecular weight is 290 g/mol. The van der Waals surface area contributed by atoms with Gasteiger partial charge in [0.05, 0.1) is 18.7 Å². The molecule has 2 atom stereocenters. The van der Waals surface area contributed by atoms with Crippen molar-refractivity contribution in [1.82, 2.24) is 10.2 Å². The first-order valence-corrected chi connectivity index (χ1v) is 7.00. The SMILES string of the molecule is CC(CNCc1ccco1)N1CCCC(C(F)(F)F)C1. The van der Waals surface area contributed by atoms with Gasteiger partial charge in [-0.2, -0.15) is 13.2 Å². The van der Waals surface area contributed by atoms with E-state index in [9.17, 15) is 13.2 Å². The van der Waals surface area contributed by atoms with E-state index < -0.39 is 12.1 Å². The van der Waals surface area contributed by atoms with Crippen molar-refractivity contribution in [2.24, 2.45) is 5.92 Å². The summed E-state index contributed by atoms with van der Waals surface area (Å²) < 4.78 is 43.5. The maximum atomic E-state index is 12.8. The number of rotatable bonds is 5. The summed E-state index contributed by atoms with van der Waals surface area (Å²) in [5.41, 5.74) is 0. The third-order valence-electron chi connectivity index (χ3n) is 3.86. The Morgan fingerprint density at radius 1 is 1.50 bits per heavy atom. The van der Waals surface area contributed by atoms with Crippen LogP contribution in [0.3, 0.4) is 0 Å². The fraction of sp³-hybridized carbons (Fsp3) is 0.714. The maximum Gasteiger partial charge on any atom is 0.393 e. The van der Waals surface area contributed by atoms with Crippen molar-refractivity contribution in [2.45, 2.75) is 38.5 Å². The van der Waals surface area contributed by atoms with Crippen LogP contribution in [0.1, 0.15) is 25.5 Å². The topological polar surface area (TPSA) is 28.4 Å². The fourth-order valence-corrected chi connectivity index (χ4v) is 2.62. The molecule has 0 saturated carbocycles. The lowest BCUT2D eigenvalue weighted by atomic mass is 9.96. The van der Waals surface area contributed by atoms with E-state index in [0.29, 0.717) is 19.5 Å². The fourth-order valence-electron chi connectivity index (χ4n) is 2.62. The minimum absolute atomic E-state index is 0.0927. The normalized spacial score (nSPS) is 22.9. The summed E-state index contributed by atoms with van der Waals surface area (Å²) in [4.78, 5) is 1.93. The van der Waals surface area contributed by atoms with Crippen molar-refractivity contribution >= 4 is 0 Å². The molecule has 1 saturated heterocycles. The molecule has 0 amide bonds. The first-order chi connectivity index (χ1) is 9.47. The van der Waals surface area contributed by atoms with Crippen LogP contribution in [0.15, 0.2) is 22.8 Å². The van der Waals surface area contributed by atoms with Gasteiger partial charge in [-0.25, -0.2) is 0 Å². The lowest BCUT2D eigenvalue weighted by Crippen LogP contribution is -2.48. The summed E-state index contributed by atoms with van der Waals surface area (Å²) in [7, 11) is 0. The molecule has 20 heavy (non-hydrogen) atoms. The molecule has 114 valence electrons. The Morgan fingerprint density at radius 2 is 2.30 bits per heavy atom. The summed E-state index contributed by atoms with van der Waals surface area (Å²) in [6.07, 6.45) is -1.59. The first kappa shape index (κ1) is 15.4. The Labute approximate surface area is 117 Å². The first-order valence-electron chi connectivity index (χ1n) is 7.00. The van der Waals surface area contributed by atoms with Crippen LogP contribution >= 0.6 is 0 Å². The van der Waals surface area contributed by atoms with Gasteiger partial charge in [0.15, 0.2) is 0 Å². The zero-order valence-electron chi connectivity index (χ0n) is 11.6. The zero-order valence-corrected chi connectivity index (χ0v) is 11.6. The highest BCUT2D eigenvalue weighted by atomic mass is 19.4. The van der Waals surface area contributed by atoms with Gasteiger partial charge >= 0.3 is 6.18 Å². The largest absolute Gasteiger partial charge is 0.468 e. The molecule has 0 bridgehead atoms. The summed E-state index contributed by atoms with van der Waals surface area (Å²) >= 11 is 0. The maximum absolute atomic E-state index is 12.8. The molecule has 1 aliphatic rings. The second kappa shape index (κ2) is 6.63. The molecule has 2 rings (SSSR count). The van der Waals surface area contributed by atoms with E-state index in [-0.39, 0.29) is 19.0 Å². The smallest absolute Gasteiger partial charge is 0.393 e. The molecule has 0 aliphatic carbocycles. The highest BCUT2D eigenvalue weighted by molar-refractivity contribution is 4.97. The second-order valence-electron chi connectivity index (χ2n) is 5.43. The van der Waals surface area contributed by atoms with E-state index in [1.165, 1.54) is 0 Å². The average Bonchev–Trinajstić information content (AvgIpc) is 2.91. The van der Waals surface area contributed by atoms with Gasteiger partial charge in [-0.3, -0.25) is 4.90 Å². The van der Waals surface area contributed by atoms with E-state index in [2.05, 4.69) is 5.32 Å². The van der Waals surface area contributed by atoms with E-state index in [1.54, 1.807) is 6.26 Å². The summed E-state index contributed by atoms with van der Waals surface area (Å²) in [6, 6.07) is 3.78. The van der Waals surface area contributed by atoms with E-state index in [0.717, 1.165) is 12.3 Å². The summed E-state index contributed by atoms with van der Waals surface area (Å²) in [5.74, 6) is -0.340. The van der Waals surface area contributed by atoms with Crippen molar-refractivity contribution in [3.8, 4) is 0 Å². The second-order valence-corrected chi connectivity index (χ2v) is 5.43. The molecule has 0 radical (unpaired) electrons. The van der Waals surface area contributed by atoms with Gasteiger partial charge in [0, 0.05) is 19.1 Å². The van der Waals surface area contributed by atoms with Gasteiger partial charge in [-0.15, -0.1) is 0 Å². The van der Waals surface area contributed by atoms with Crippen molar-refractivity contribution in [3.63, 3.8) is 0 Å². The van der Waals surface area contributed by atoms with E-state index in [4.69, 9.17) is 4.42 Å². The molecule has 6 heteroatoms. The minimum atomic E-state index is -4.07. The highest BCUT2D eigenvalue weighted by Gasteiger charge is 2.42. The Balaban J connectivity index is 1.75. The summed E-state index contributed by atoms with van der Waals surface area (Å²) in [6.45, 7) is 4.09. The number of hydrogen-bond acceptors (Lipinski definition) is 3. The van der Waals surface area contributed by atoms with Crippen LogP contribution < -0.4 is 5.32 Å². The van der Waals surface area contributed by atoms with Crippen molar-refractivity contribution in [1.29, 1.82) is 0 Å². The third-order valence-corrected chi connectivity index (χ3v) is 3.86. The van der Waals surface area contributed by atoms with Gasteiger partial charge in [0.25, 0.3) is 0 Å². The molecule has 3 nitrogen and oxygen atoms in total. The van der Waals surface area contributed by atoms with Gasteiger partial charge in [0.2, 0.25) is 0 Å². The zero-order chi connectivity index (χ0) is 14.6. The van der Waals surface area contributed by atoms with Crippen molar-refractivity contribution in [3.05, 3.63) is 24.2 Å². The molecular formula is C14H21F3N2O. The van der Waals surface area contributed by atoms with Crippen molar-refractivity contribution < 1.29 is 17.6 Å². The number of nitrogens with zero attached hydrogens (tertiary/aromatic N) is 1. The van der Waals surface area contributed by atoms with Crippen LogP contribution in [-0.2, 0) is 6.54 Å². The van der Waals surface area contributed by atoms with E-state index >= 15 is 0 Å². The summed E-state index contributed by atoms with van der Waals surface area (Å²) in [5, 5.41) is 3.22. The number of alkyl halides is 3. The lowest BCUT2D eigenvalue weighted by molar-refractivity contribution is -0.188. The van der Waals surface area contributed by atoms with Crippen LogP contribution in [0.25, 0.3) is 0 Å². The molecule has 2 heterocycles. The third kappa shape index (κ3) is 4.24. The van der Waals surface area contributed by atoms with Gasteiger partial charge in [-0.1, -0.05) is 0 Å². The van der Waals surface area contributed by atoms with Crippen LogP contribution in [0.4, 0.5) is 13.2 Å². The Morgan fingerprint density at radius 3 is 2.95 bits per heavy atom. The molecule has 1 aromatic rings. The molecule has 2 unspecified atom stereocenters. The van der Waals surface area contributed by atoms with Crippen LogP contribution in [0.5, 0.6) is 0 Å². The van der Waals surface area contributed by atoms with Crippen LogP contribution in [0, 0.1) is 5.92 Å². The van der Waals surface area contributed by atoms with Gasteiger partial charge in [0.1, 0.15) is 5.76 Å². The monoisotopic (exact) mass is 290 g/mol. The van der Waals surface area contributed by atoms with Gasteiger partial charge in [-0.05, 0) is 38.4 Å². The predicted molar refractivity (Wildman–Crippen MR) is 70.2 cm³/mol. The van der Waals surface area contributed by atoms with E-state index in [1.807, 2.05) is 24.0 Å². The molecule has 0 spiro atoms. The number of likely N-dealkylation sites (tertiary alicyclic amines) is 1. The number of piperidine rings is 1. The van der Waals surface area contributed by atoms with Crippen molar-refractivity contribution in [2.75, 3.05) is 19.6 Å². The predicted octanol–water partition coefficient (Wildman–Crippen LogP) is 3.03. The molecule has 1 N–H and O–H groups in total. The molecule has 1 aromatic heterocycles. The highest BCUT2D eigenvalue weighted by Crippen LogP contribution is 2.33. The number of hydrogen-bond donors (Lipinski definition) is 1. The Kier molecular flexibility index (Phi) is 5.10. The number of nitrogens with one attached hydrogen (secondary N) is 1. The Hall–Kier alpha value is -1.01. The Bertz CT molecular complexity index is 392. The molecule has 1 fully saturated rings.